The van der Waals surface area contributed by atoms with E-state index >= 15 is 0 Å². The quantitative estimate of drug-likeness (QED) is 0.898. The predicted octanol–water partition coefficient (Wildman–Crippen LogP) is 1.52. The molecule has 21 heavy (non-hydrogen) atoms. The number of fused-ring (bicyclic) bond motifs is 1. The summed E-state index contributed by atoms with van der Waals surface area (Å²) < 4.78 is 0. The molecule has 0 unspecified atom stereocenters. The van der Waals surface area contributed by atoms with Gasteiger partial charge in [-0.1, -0.05) is 31.5 Å². The van der Waals surface area contributed by atoms with Crippen molar-refractivity contribution in [3.8, 4) is 0 Å². The van der Waals surface area contributed by atoms with E-state index in [0.29, 0.717) is 24.9 Å². The fourth-order valence-corrected chi connectivity index (χ4v) is 2.93. The average molecular weight is 286 g/mol. The molecule has 0 bridgehead atoms. The average Bonchev–Trinajstić information content (AvgIpc) is 2.44. The summed E-state index contributed by atoms with van der Waals surface area (Å²) in [5.74, 6) is -0.237. The predicted molar refractivity (Wildman–Crippen MR) is 80.3 cm³/mol. The molecule has 1 aliphatic rings. The summed E-state index contributed by atoms with van der Waals surface area (Å²) in [6.45, 7) is 2.66. The maximum Gasteiger partial charge on any atom is 0.270 e. The normalized spacial score (nSPS) is 16.8. The Hall–Kier alpha value is -2.14. The lowest BCUT2D eigenvalue weighted by Crippen LogP contribution is -2.63. The molecule has 3 rings (SSSR count). The van der Waals surface area contributed by atoms with Crippen LogP contribution in [0.4, 0.5) is 0 Å². The number of pyridine rings is 1. The van der Waals surface area contributed by atoms with Crippen LogP contribution in [-0.4, -0.2) is 39.6 Å². The summed E-state index contributed by atoms with van der Waals surface area (Å²) in [5, 5.41) is 11.5. The van der Waals surface area contributed by atoms with Gasteiger partial charge in [-0.25, -0.2) is 0 Å². The number of H-pyrrole nitrogens is 1. The van der Waals surface area contributed by atoms with E-state index in [1.54, 1.807) is 23.1 Å². The Labute approximate surface area is 122 Å². The van der Waals surface area contributed by atoms with Crippen LogP contribution in [0, 0.1) is 0 Å². The Morgan fingerprint density at radius 3 is 2.81 bits per heavy atom. The molecule has 110 valence electrons. The number of β-amino-alcohol motifs (C(OH)–C–C–N with tert-alkyl or cyclic N) is 1. The molecule has 0 atom stereocenters. The van der Waals surface area contributed by atoms with E-state index in [1.807, 2.05) is 19.1 Å². The standard InChI is InChI=1S/C16H18N2O3/c1-2-7-16(21)9-18(10-16)15(20)13-8-11-5-3-4-6-12(11)14(19)17-13/h3-6,8,21H,2,7,9-10H2,1H3,(H,17,19). The largest absolute Gasteiger partial charge is 0.386 e. The second-order valence-electron chi connectivity index (χ2n) is 5.73. The lowest BCUT2D eigenvalue weighted by molar-refractivity contribution is -0.0861. The monoisotopic (exact) mass is 286 g/mol. The third-order valence-corrected chi connectivity index (χ3v) is 3.96. The zero-order valence-corrected chi connectivity index (χ0v) is 11.9. The molecule has 2 heterocycles. The maximum atomic E-state index is 12.4. The van der Waals surface area contributed by atoms with Crippen molar-refractivity contribution in [3.63, 3.8) is 0 Å². The highest BCUT2D eigenvalue weighted by Gasteiger charge is 2.43. The van der Waals surface area contributed by atoms with Crippen molar-refractivity contribution in [1.82, 2.24) is 9.88 Å². The third kappa shape index (κ3) is 2.45. The Kier molecular flexibility index (Phi) is 3.29. The number of nitrogens with zero attached hydrogens (tertiary/aromatic N) is 1. The van der Waals surface area contributed by atoms with Gasteiger partial charge in [-0.3, -0.25) is 9.59 Å². The SMILES string of the molecule is CCCC1(O)CN(C(=O)c2cc3ccccc3c(=O)[nH]2)C1. The van der Waals surface area contributed by atoms with Crippen LogP contribution in [0.1, 0.15) is 30.3 Å². The smallest absolute Gasteiger partial charge is 0.270 e. The number of benzene rings is 1. The van der Waals surface area contributed by atoms with E-state index in [2.05, 4.69) is 4.98 Å². The first-order chi connectivity index (χ1) is 10.0. The molecular weight excluding hydrogens is 268 g/mol. The van der Waals surface area contributed by atoms with Gasteiger partial charge in [0.25, 0.3) is 11.5 Å². The Bertz CT molecular complexity index is 745. The van der Waals surface area contributed by atoms with E-state index in [9.17, 15) is 14.7 Å². The maximum absolute atomic E-state index is 12.4. The van der Waals surface area contributed by atoms with Crippen molar-refractivity contribution in [2.24, 2.45) is 0 Å². The van der Waals surface area contributed by atoms with Crippen molar-refractivity contribution in [1.29, 1.82) is 0 Å². The Balaban J connectivity index is 1.85. The summed E-state index contributed by atoms with van der Waals surface area (Å²) in [6.07, 6.45) is 1.57. The van der Waals surface area contributed by atoms with Gasteiger partial charge in [0, 0.05) is 5.39 Å². The summed E-state index contributed by atoms with van der Waals surface area (Å²) in [6, 6.07) is 8.85. The summed E-state index contributed by atoms with van der Waals surface area (Å²) >= 11 is 0. The molecule has 1 aliphatic heterocycles. The van der Waals surface area contributed by atoms with Crippen LogP contribution in [-0.2, 0) is 0 Å². The number of amides is 1. The first kappa shape index (κ1) is 13.8. The lowest BCUT2D eigenvalue weighted by Gasteiger charge is -2.46. The highest BCUT2D eigenvalue weighted by molar-refractivity contribution is 5.96. The van der Waals surface area contributed by atoms with Crippen molar-refractivity contribution >= 4 is 16.7 Å². The number of likely N-dealkylation sites (tertiary alicyclic amines) is 1. The van der Waals surface area contributed by atoms with Gasteiger partial charge in [-0.15, -0.1) is 0 Å². The minimum absolute atomic E-state index is 0.237. The van der Waals surface area contributed by atoms with E-state index in [-0.39, 0.29) is 17.2 Å². The second kappa shape index (κ2) is 5.00. The molecule has 1 saturated heterocycles. The molecule has 1 fully saturated rings. The number of carbonyl (C=O) groups excluding carboxylic acids is 1. The first-order valence-electron chi connectivity index (χ1n) is 7.16. The zero-order valence-electron chi connectivity index (χ0n) is 11.9. The number of nitrogens with one attached hydrogen (secondary N) is 1. The van der Waals surface area contributed by atoms with Gasteiger partial charge < -0.3 is 15.0 Å². The minimum Gasteiger partial charge on any atom is -0.386 e. The molecule has 1 aromatic carbocycles. The molecule has 2 aromatic rings. The fourth-order valence-electron chi connectivity index (χ4n) is 2.93. The molecule has 0 aliphatic carbocycles. The van der Waals surface area contributed by atoms with Gasteiger partial charge in [0.15, 0.2) is 0 Å². The van der Waals surface area contributed by atoms with Gasteiger partial charge >= 0.3 is 0 Å². The molecule has 5 heteroatoms. The number of aromatic nitrogens is 1. The van der Waals surface area contributed by atoms with E-state index in [1.165, 1.54) is 0 Å². The van der Waals surface area contributed by atoms with Crippen LogP contribution in [0.2, 0.25) is 0 Å². The summed E-state index contributed by atoms with van der Waals surface area (Å²) in [4.78, 5) is 28.5. The van der Waals surface area contributed by atoms with Crippen LogP contribution in [0.15, 0.2) is 35.1 Å². The van der Waals surface area contributed by atoms with Crippen molar-refractivity contribution < 1.29 is 9.90 Å². The molecule has 0 saturated carbocycles. The highest BCUT2D eigenvalue weighted by Crippen LogP contribution is 2.27. The number of carbonyl (C=O) groups is 1. The number of hydrogen-bond donors (Lipinski definition) is 2. The van der Waals surface area contributed by atoms with Crippen molar-refractivity contribution in [2.45, 2.75) is 25.4 Å². The number of rotatable bonds is 3. The molecule has 2 N–H and O–H groups in total. The summed E-state index contributed by atoms with van der Waals surface area (Å²) in [5.41, 5.74) is -0.750. The van der Waals surface area contributed by atoms with E-state index < -0.39 is 5.60 Å². The number of aromatic amines is 1. The second-order valence-corrected chi connectivity index (χ2v) is 5.73. The molecule has 0 spiro atoms. The van der Waals surface area contributed by atoms with Crippen molar-refractivity contribution in [2.75, 3.05) is 13.1 Å². The van der Waals surface area contributed by atoms with Crippen molar-refractivity contribution in [3.05, 3.63) is 46.4 Å². The molecular formula is C16H18N2O3. The lowest BCUT2D eigenvalue weighted by atomic mass is 9.89. The van der Waals surface area contributed by atoms with Crippen LogP contribution < -0.4 is 5.56 Å². The van der Waals surface area contributed by atoms with Crippen LogP contribution in [0.5, 0.6) is 0 Å². The first-order valence-corrected chi connectivity index (χ1v) is 7.16. The van der Waals surface area contributed by atoms with Gasteiger partial charge in [0.2, 0.25) is 0 Å². The van der Waals surface area contributed by atoms with Crippen LogP contribution >= 0.6 is 0 Å². The van der Waals surface area contributed by atoms with Crippen LogP contribution in [0.3, 0.4) is 0 Å². The zero-order chi connectivity index (χ0) is 15.0. The van der Waals surface area contributed by atoms with Gasteiger partial charge in [-0.2, -0.15) is 0 Å². The number of hydrogen-bond acceptors (Lipinski definition) is 3. The Morgan fingerprint density at radius 1 is 1.38 bits per heavy atom. The summed E-state index contributed by atoms with van der Waals surface area (Å²) in [7, 11) is 0. The minimum atomic E-state index is -0.762. The van der Waals surface area contributed by atoms with Crippen LogP contribution in [0.25, 0.3) is 10.8 Å². The molecule has 5 nitrogen and oxygen atoms in total. The molecule has 1 amide bonds. The highest BCUT2D eigenvalue weighted by atomic mass is 16.3. The topological polar surface area (TPSA) is 73.4 Å². The van der Waals surface area contributed by atoms with E-state index in [0.717, 1.165) is 11.8 Å². The van der Waals surface area contributed by atoms with Gasteiger partial charge in [-0.05, 0) is 23.9 Å². The van der Waals surface area contributed by atoms with Gasteiger partial charge in [0.05, 0.1) is 18.7 Å². The number of aliphatic hydroxyl groups is 1. The Morgan fingerprint density at radius 2 is 2.10 bits per heavy atom. The van der Waals surface area contributed by atoms with E-state index in [4.69, 9.17) is 0 Å². The fraction of sp³-hybridized carbons (Fsp3) is 0.375. The van der Waals surface area contributed by atoms with Gasteiger partial charge in [0.1, 0.15) is 5.69 Å². The molecule has 0 radical (unpaired) electrons. The molecule has 1 aromatic heterocycles. The third-order valence-electron chi connectivity index (χ3n) is 3.96.